The Morgan fingerprint density at radius 2 is 2.12 bits per heavy atom. The molecule has 1 fully saturated rings. The lowest BCUT2D eigenvalue weighted by Crippen LogP contribution is -2.36. The smallest absolute Gasteiger partial charge is 0.0406 e. The highest BCUT2D eigenvalue weighted by Crippen LogP contribution is 2.26. The molecule has 1 aromatic heterocycles. The van der Waals surface area contributed by atoms with Gasteiger partial charge in [0.25, 0.3) is 0 Å². The highest BCUT2D eigenvalue weighted by molar-refractivity contribution is 5.05. The molecule has 2 rings (SSSR count). The molecule has 1 aromatic rings. The van der Waals surface area contributed by atoms with Crippen molar-refractivity contribution in [3.8, 4) is 0 Å². The van der Waals surface area contributed by atoms with Gasteiger partial charge in [-0.15, -0.1) is 0 Å². The van der Waals surface area contributed by atoms with E-state index in [-0.39, 0.29) is 0 Å². The van der Waals surface area contributed by atoms with Crippen molar-refractivity contribution in [2.75, 3.05) is 6.54 Å². The van der Waals surface area contributed by atoms with E-state index in [1.807, 2.05) is 12.3 Å². The van der Waals surface area contributed by atoms with Crippen molar-refractivity contribution in [3.05, 3.63) is 30.1 Å². The molecular weight excluding hydrogens is 208 g/mol. The Labute approximate surface area is 105 Å². The quantitative estimate of drug-likeness (QED) is 0.806. The minimum Gasteiger partial charge on any atom is -0.314 e. The Kier molecular flexibility index (Phi) is 4.99. The second kappa shape index (κ2) is 6.75. The summed E-state index contributed by atoms with van der Waals surface area (Å²) >= 11 is 0. The zero-order valence-electron chi connectivity index (χ0n) is 10.9. The van der Waals surface area contributed by atoms with E-state index in [9.17, 15) is 0 Å². The largest absolute Gasteiger partial charge is 0.314 e. The van der Waals surface area contributed by atoms with Gasteiger partial charge in [0, 0.05) is 17.9 Å². The number of rotatable bonds is 4. The molecule has 0 aromatic carbocycles. The summed E-state index contributed by atoms with van der Waals surface area (Å²) in [6.07, 6.45) is 9.92. The van der Waals surface area contributed by atoms with E-state index in [1.165, 1.54) is 37.8 Å². The lowest BCUT2D eigenvalue weighted by molar-refractivity contribution is 0.335. The fourth-order valence-electron chi connectivity index (χ4n) is 2.95. The fraction of sp³-hybridized carbons (Fsp3) is 0.667. The molecule has 0 amide bonds. The molecule has 2 unspecified atom stereocenters. The monoisotopic (exact) mass is 232 g/mol. The maximum atomic E-state index is 4.47. The molecule has 0 radical (unpaired) electrons. The van der Waals surface area contributed by atoms with Gasteiger partial charge in [-0.3, -0.25) is 4.98 Å². The van der Waals surface area contributed by atoms with E-state index < -0.39 is 0 Å². The molecule has 2 atom stereocenters. The molecule has 1 heterocycles. The second-order valence-corrected chi connectivity index (χ2v) is 5.09. The van der Waals surface area contributed by atoms with Gasteiger partial charge in [-0.2, -0.15) is 0 Å². The first-order chi connectivity index (χ1) is 8.40. The summed E-state index contributed by atoms with van der Waals surface area (Å²) in [7, 11) is 0. The topological polar surface area (TPSA) is 24.9 Å². The van der Waals surface area contributed by atoms with Crippen molar-refractivity contribution in [1.82, 2.24) is 10.3 Å². The van der Waals surface area contributed by atoms with Gasteiger partial charge in [0.15, 0.2) is 0 Å². The van der Waals surface area contributed by atoms with Crippen molar-refractivity contribution >= 4 is 0 Å². The van der Waals surface area contributed by atoms with Crippen LogP contribution in [-0.4, -0.2) is 17.6 Å². The van der Waals surface area contributed by atoms with Crippen LogP contribution < -0.4 is 5.32 Å². The van der Waals surface area contributed by atoms with E-state index in [0.29, 0.717) is 6.04 Å². The van der Waals surface area contributed by atoms with Gasteiger partial charge in [0.2, 0.25) is 0 Å². The van der Waals surface area contributed by atoms with Crippen molar-refractivity contribution < 1.29 is 0 Å². The summed E-state index contributed by atoms with van der Waals surface area (Å²) < 4.78 is 0. The van der Waals surface area contributed by atoms with Crippen LogP contribution in [0.25, 0.3) is 0 Å². The summed E-state index contributed by atoms with van der Waals surface area (Å²) in [5.41, 5.74) is 1.25. The third kappa shape index (κ3) is 3.81. The van der Waals surface area contributed by atoms with Gasteiger partial charge in [-0.05, 0) is 43.9 Å². The lowest BCUT2D eigenvalue weighted by Gasteiger charge is -2.25. The molecule has 2 heteroatoms. The number of aromatic nitrogens is 1. The number of nitrogens with zero attached hydrogens (tertiary/aromatic N) is 1. The average molecular weight is 232 g/mol. The Bertz CT molecular complexity index is 310. The number of pyridine rings is 1. The van der Waals surface area contributed by atoms with Crippen LogP contribution in [0.4, 0.5) is 0 Å². The Hall–Kier alpha value is -0.890. The maximum absolute atomic E-state index is 4.47. The Morgan fingerprint density at radius 3 is 2.88 bits per heavy atom. The van der Waals surface area contributed by atoms with Crippen molar-refractivity contribution in [1.29, 1.82) is 0 Å². The summed E-state index contributed by atoms with van der Waals surface area (Å²) in [6.45, 7) is 3.30. The van der Waals surface area contributed by atoms with E-state index in [4.69, 9.17) is 0 Å². The minimum absolute atomic E-state index is 0.699. The molecule has 0 saturated heterocycles. The molecule has 1 aliphatic rings. The number of nitrogens with one attached hydrogen (secondary N) is 1. The van der Waals surface area contributed by atoms with Gasteiger partial charge in [-0.25, -0.2) is 0 Å². The first-order valence-electron chi connectivity index (χ1n) is 7.03. The van der Waals surface area contributed by atoms with Crippen LogP contribution >= 0.6 is 0 Å². The molecule has 2 nitrogen and oxygen atoms in total. The predicted molar refractivity (Wildman–Crippen MR) is 72.0 cm³/mol. The van der Waals surface area contributed by atoms with Crippen LogP contribution in [0.5, 0.6) is 0 Å². The number of hydrogen-bond donors (Lipinski definition) is 1. The van der Waals surface area contributed by atoms with Gasteiger partial charge in [0.1, 0.15) is 0 Å². The molecule has 0 bridgehead atoms. The molecular formula is C15H24N2. The predicted octanol–water partition coefficient (Wildman–Crippen LogP) is 3.18. The molecule has 1 N–H and O–H groups in total. The first-order valence-corrected chi connectivity index (χ1v) is 7.03. The minimum atomic E-state index is 0.699. The van der Waals surface area contributed by atoms with Crippen LogP contribution in [0.3, 0.4) is 0 Å². The van der Waals surface area contributed by atoms with E-state index in [1.54, 1.807) is 0 Å². The highest BCUT2D eigenvalue weighted by Gasteiger charge is 2.23. The molecule has 17 heavy (non-hydrogen) atoms. The van der Waals surface area contributed by atoms with Gasteiger partial charge in [-0.1, -0.05) is 32.3 Å². The van der Waals surface area contributed by atoms with Crippen LogP contribution in [0, 0.1) is 5.92 Å². The normalized spacial score (nSPS) is 25.5. The highest BCUT2D eigenvalue weighted by atomic mass is 14.9. The third-order valence-electron chi connectivity index (χ3n) is 3.82. The molecule has 94 valence electrons. The molecule has 1 saturated carbocycles. The summed E-state index contributed by atoms with van der Waals surface area (Å²) in [5.74, 6) is 0.771. The summed E-state index contributed by atoms with van der Waals surface area (Å²) in [6, 6.07) is 6.96. The lowest BCUT2D eigenvalue weighted by atomic mass is 9.90. The summed E-state index contributed by atoms with van der Waals surface area (Å²) in [4.78, 5) is 4.47. The molecule has 0 spiro atoms. The SMILES string of the molecule is CCNC1CCCCCC1Cc1ccccn1. The van der Waals surface area contributed by atoms with Crippen LogP contribution in [0.1, 0.15) is 44.7 Å². The third-order valence-corrected chi connectivity index (χ3v) is 3.82. The fourth-order valence-corrected chi connectivity index (χ4v) is 2.95. The zero-order chi connectivity index (χ0) is 11.9. The zero-order valence-corrected chi connectivity index (χ0v) is 10.9. The second-order valence-electron chi connectivity index (χ2n) is 5.09. The first kappa shape index (κ1) is 12.6. The van der Waals surface area contributed by atoms with Crippen molar-refractivity contribution in [2.45, 2.75) is 51.5 Å². The van der Waals surface area contributed by atoms with E-state index >= 15 is 0 Å². The standard InChI is InChI=1S/C15H24N2/c1-2-16-15-10-5-3-4-8-13(15)12-14-9-6-7-11-17-14/h6-7,9,11,13,15-16H,2-5,8,10,12H2,1H3. The summed E-state index contributed by atoms with van der Waals surface area (Å²) in [5, 5.41) is 3.67. The molecule has 1 aliphatic carbocycles. The van der Waals surface area contributed by atoms with Gasteiger partial charge < -0.3 is 5.32 Å². The molecule has 0 aliphatic heterocycles. The maximum Gasteiger partial charge on any atom is 0.0406 e. The van der Waals surface area contributed by atoms with Gasteiger partial charge >= 0.3 is 0 Å². The van der Waals surface area contributed by atoms with Crippen LogP contribution in [0.2, 0.25) is 0 Å². The Balaban J connectivity index is 1.99. The van der Waals surface area contributed by atoms with Crippen LogP contribution in [0.15, 0.2) is 24.4 Å². The number of hydrogen-bond acceptors (Lipinski definition) is 2. The van der Waals surface area contributed by atoms with Crippen LogP contribution in [-0.2, 0) is 6.42 Å². The average Bonchev–Trinajstić information content (AvgIpc) is 2.57. The van der Waals surface area contributed by atoms with E-state index in [0.717, 1.165) is 18.9 Å². The van der Waals surface area contributed by atoms with E-state index in [2.05, 4.69) is 29.4 Å². The van der Waals surface area contributed by atoms with Crippen molar-refractivity contribution in [2.24, 2.45) is 5.92 Å². The van der Waals surface area contributed by atoms with Gasteiger partial charge in [0.05, 0.1) is 0 Å². The van der Waals surface area contributed by atoms with Crippen molar-refractivity contribution in [3.63, 3.8) is 0 Å². The Morgan fingerprint density at radius 1 is 1.24 bits per heavy atom.